The SMILES string of the molecule is CCC(CCO)NC(=O)Nc1ccc(Cl)cc1Br. The van der Waals surface area contributed by atoms with Crippen LogP contribution in [0.2, 0.25) is 5.02 Å². The minimum atomic E-state index is -0.293. The van der Waals surface area contributed by atoms with Crippen LogP contribution in [0, 0.1) is 0 Å². The Morgan fingerprint density at radius 1 is 1.56 bits per heavy atom. The van der Waals surface area contributed by atoms with Crippen LogP contribution in [-0.4, -0.2) is 23.8 Å². The Bertz CT molecular complexity index is 415. The summed E-state index contributed by atoms with van der Waals surface area (Å²) in [6.07, 6.45) is 1.32. The van der Waals surface area contributed by atoms with Crippen LogP contribution in [0.25, 0.3) is 0 Å². The molecule has 18 heavy (non-hydrogen) atoms. The van der Waals surface area contributed by atoms with Crippen molar-refractivity contribution in [3.8, 4) is 0 Å². The molecule has 1 rings (SSSR count). The topological polar surface area (TPSA) is 61.4 Å². The van der Waals surface area contributed by atoms with Gasteiger partial charge in [0.05, 0.1) is 5.69 Å². The number of benzene rings is 1. The molecule has 1 aromatic carbocycles. The summed E-state index contributed by atoms with van der Waals surface area (Å²) in [5.41, 5.74) is 0.649. The molecule has 0 spiro atoms. The van der Waals surface area contributed by atoms with Crippen molar-refractivity contribution in [3.63, 3.8) is 0 Å². The van der Waals surface area contributed by atoms with E-state index in [4.69, 9.17) is 16.7 Å². The summed E-state index contributed by atoms with van der Waals surface area (Å²) in [6.45, 7) is 2.02. The summed E-state index contributed by atoms with van der Waals surface area (Å²) >= 11 is 9.14. The van der Waals surface area contributed by atoms with Gasteiger partial charge in [0, 0.05) is 22.1 Å². The fourth-order valence-electron chi connectivity index (χ4n) is 1.47. The Labute approximate surface area is 120 Å². The molecule has 4 nitrogen and oxygen atoms in total. The second kappa shape index (κ2) is 7.61. The number of rotatable bonds is 5. The quantitative estimate of drug-likeness (QED) is 0.772. The van der Waals surface area contributed by atoms with E-state index < -0.39 is 0 Å². The lowest BCUT2D eigenvalue weighted by atomic mass is 10.2. The van der Waals surface area contributed by atoms with Gasteiger partial charge >= 0.3 is 6.03 Å². The lowest BCUT2D eigenvalue weighted by Gasteiger charge is -2.16. The molecule has 0 aliphatic heterocycles. The third-order valence-corrected chi connectivity index (χ3v) is 3.38. The van der Waals surface area contributed by atoms with Gasteiger partial charge in [0.15, 0.2) is 0 Å². The maximum Gasteiger partial charge on any atom is 0.319 e. The highest BCUT2D eigenvalue weighted by Gasteiger charge is 2.11. The summed E-state index contributed by atoms with van der Waals surface area (Å²) in [5.74, 6) is 0. The summed E-state index contributed by atoms with van der Waals surface area (Å²) in [6, 6.07) is 4.81. The Morgan fingerprint density at radius 2 is 2.28 bits per heavy atom. The van der Waals surface area contributed by atoms with Gasteiger partial charge in [-0.25, -0.2) is 4.79 Å². The van der Waals surface area contributed by atoms with Crippen LogP contribution < -0.4 is 10.6 Å². The second-order valence-electron chi connectivity index (χ2n) is 3.84. The summed E-state index contributed by atoms with van der Waals surface area (Å²) in [7, 11) is 0. The molecule has 1 aromatic rings. The highest BCUT2D eigenvalue weighted by atomic mass is 79.9. The minimum absolute atomic E-state index is 0.0268. The molecule has 0 fully saturated rings. The first kappa shape index (κ1) is 15.3. The van der Waals surface area contributed by atoms with Crippen LogP contribution in [0.5, 0.6) is 0 Å². The smallest absolute Gasteiger partial charge is 0.319 e. The molecule has 0 radical (unpaired) electrons. The van der Waals surface area contributed by atoms with Gasteiger partial charge < -0.3 is 15.7 Å². The predicted octanol–water partition coefficient (Wildman–Crippen LogP) is 3.39. The lowest BCUT2D eigenvalue weighted by Crippen LogP contribution is -2.38. The van der Waals surface area contributed by atoms with E-state index in [1.54, 1.807) is 18.2 Å². The summed E-state index contributed by atoms with van der Waals surface area (Å²) in [5, 5.41) is 15.0. The Balaban J connectivity index is 2.58. The standard InChI is InChI=1S/C12H16BrClN2O2/c1-2-9(5-6-17)15-12(18)16-11-4-3-8(14)7-10(11)13/h3-4,7,9,17H,2,5-6H2,1H3,(H2,15,16,18). The van der Waals surface area contributed by atoms with E-state index in [1.165, 1.54) is 0 Å². The number of urea groups is 1. The van der Waals surface area contributed by atoms with E-state index in [2.05, 4.69) is 26.6 Å². The van der Waals surface area contributed by atoms with Crippen molar-refractivity contribution in [3.05, 3.63) is 27.7 Å². The van der Waals surface area contributed by atoms with E-state index in [1.807, 2.05) is 6.92 Å². The highest BCUT2D eigenvalue weighted by molar-refractivity contribution is 9.10. The van der Waals surface area contributed by atoms with Crippen molar-refractivity contribution in [2.24, 2.45) is 0 Å². The largest absolute Gasteiger partial charge is 0.396 e. The summed E-state index contributed by atoms with van der Waals surface area (Å²) in [4.78, 5) is 11.7. The van der Waals surface area contributed by atoms with Crippen molar-refractivity contribution in [1.29, 1.82) is 0 Å². The number of amides is 2. The number of aliphatic hydroxyl groups excluding tert-OH is 1. The van der Waals surface area contributed by atoms with Gasteiger partial charge in [0.1, 0.15) is 0 Å². The fraction of sp³-hybridized carbons (Fsp3) is 0.417. The van der Waals surface area contributed by atoms with Gasteiger partial charge in [-0.05, 0) is 47.0 Å². The molecule has 0 saturated carbocycles. The summed E-state index contributed by atoms with van der Waals surface area (Å²) < 4.78 is 0.723. The van der Waals surface area contributed by atoms with Gasteiger partial charge in [-0.15, -0.1) is 0 Å². The third kappa shape index (κ3) is 4.84. The third-order valence-electron chi connectivity index (χ3n) is 2.48. The van der Waals surface area contributed by atoms with Crippen LogP contribution in [0.4, 0.5) is 10.5 Å². The van der Waals surface area contributed by atoms with Crippen LogP contribution in [0.3, 0.4) is 0 Å². The highest BCUT2D eigenvalue weighted by Crippen LogP contribution is 2.25. The van der Waals surface area contributed by atoms with Crippen LogP contribution in [0.15, 0.2) is 22.7 Å². The number of halogens is 2. The first-order chi connectivity index (χ1) is 8.56. The number of aliphatic hydroxyl groups is 1. The molecule has 0 saturated heterocycles. The van der Waals surface area contributed by atoms with Crippen molar-refractivity contribution in [1.82, 2.24) is 5.32 Å². The maximum atomic E-state index is 11.7. The van der Waals surface area contributed by atoms with E-state index in [-0.39, 0.29) is 18.7 Å². The normalized spacial score (nSPS) is 12.0. The van der Waals surface area contributed by atoms with Crippen molar-refractivity contribution >= 4 is 39.2 Å². The second-order valence-corrected chi connectivity index (χ2v) is 5.13. The van der Waals surface area contributed by atoms with Crippen LogP contribution in [-0.2, 0) is 0 Å². The number of anilines is 1. The molecule has 3 N–H and O–H groups in total. The lowest BCUT2D eigenvalue weighted by molar-refractivity contribution is 0.237. The van der Waals surface area contributed by atoms with E-state index in [0.717, 1.165) is 10.9 Å². The molecule has 6 heteroatoms. The molecule has 0 bridgehead atoms. The van der Waals surface area contributed by atoms with Gasteiger partial charge in [-0.1, -0.05) is 18.5 Å². The number of hydrogen-bond acceptors (Lipinski definition) is 2. The number of carbonyl (C=O) groups excluding carboxylic acids is 1. The first-order valence-electron chi connectivity index (χ1n) is 5.70. The van der Waals surface area contributed by atoms with Gasteiger partial charge in [0.2, 0.25) is 0 Å². The Hall–Kier alpha value is -0.780. The average Bonchev–Trinajstić information content (AvgIpc) is 2.32. The number of nitrogens with one attached hydrogen (secondary N) is 2. The molecule has 100 valence electrons. The van der Waals surface area contributed by atoms with Crippen LogP contribution in [0.1, 0.15) is 19.8 Å². The molecule has 1 atom stereocenters. The first-order valence-corrected chi connectivity index (χ1v) is 6.87. The van der Waals surface area contributed by atoms with Crippen molar-refractivity contribution < 1.29 is 9.90 Å². The minimum Gasteiger partial charge on any atom is -0.396 e. The van der Waals surface area contributed by atoms with Crippen molar-refractivity contribution in [2.45, 2.75) is 25.8 Å². The molecule has 0 aliphatic rings. The molecule has 0 heterocycles. The van der Waals surface area contributed by atoms with Crippen LogP contribution >= 0.6 is 27.5 Å². The average molecular weight is 336 g/mol. The van der Waals surface area contributed by atoms with E-state index in [0.29, 0.717) is 17.1 Å². The molecule has 0 aromatic heterocycles. The molecular formula is C12H16BrClN2O2. The zero-order chi connectivity index (χ0) is 13.5. The zero-order valence-corrected chi connectivity index (χ0v) is 12.4. The van der Waals surface area contributed by atoms with Gasteiger partial charge in [-0.3, -0.25) is 0 Å². The monoisotopic (exact) mass is 334 g/mol. The fourth-order valence-corrected chi connectivity index (χ4v) is 2.25. The molecule has 1 unspecified atom stereocenters. The number of carbonyl (C=O) groups is 1. The Morgan fingerprint density at radius 3 is 2.83 bits per heavy atom. The van der Waals surface area contributed by atoms with Gasteiger partial charge in [0.25, 0.3) is 0 Å². The molecule has 2 amide bonds. The molecule has 0 aliphatic carbocycles. The number of hydrogen-bond donors (Lipinski definition) is 3. The van der Waals surface area contributed by atoms with Gasteiger partial charge in [-0.2, -0.15) is 0 Å². The predicted molar refractivity (Wildman–Crippen MR) is 77.1 cm³/mol. The van der Waals surface area contributed by atoms with Crippen molar-refractivity contribution in [2.75, 3.05) is 11.9 Å². The Kier molecular flexibility index (Phi) is 6.46. The molecular weight excluding hydrogens is 320 g/mol. The van der Waals surface area contributed by atoms with E-state index >= 15 is 0 Å². The maximum absolute atomic E-state index is 11.7. The zero-order valence-electron chi connectivity index (χ0n) is 10.0. The van der Waals surface area contributed by atoms with E-state index in [9.17, 15) is 4.79 Å².